The van der Waals surface area contributed by atoms with Gasteiger partial charge < -0.3 is 24.5 Å². The molecule has 1 atom stereocenters. The molecule has 11 nitrogen and oxygen atoms in total. The van der Waals surface area contributed by atoms with Crippen LogP contribution in [0.5, 0.6) is 0 Å². The molecule has 232 valence electrons. The summed E-state index contributed by atoms with van der Waals surface area (Å²) in [6.07, 6.45) is 2.02. The van der Waals surface area contributed by atoms with E-state index in [1.807, 2.05) is 66.7 Å². The van der Waals surface area contributed by atoms with Crippen molar-refractivity contribution in [3.05, 3.63) is 113 Å². The van der Waals surface area contributed by atoms with E-state index >= 15 is 0 Å². The van der Waals surface area contributed by atoms with Crippen LogP contribution in [0.1, 0.15) is 39.0 Å². The molecule has 0 aromatic heterocycles. The number of imide groups is 1. The normalized spacial score (nSPS) is 16.5. The van der Waals surface area contributed by atoms with Gasteiger partial charge in [-0.25, -0.2) is 4.79 Å². The van der Waals surface area contributed by atoms with E-state index in [2.05, 4.69) is 22.3 Å². The van der Waals surface area contributed by atoms with Crippen LogP contribution in [0.2, 0.25) is 0 Å². The van der Waals surface area contributed by atoms with E-state index in [1.165, 1.54) is 12.2 Å². The quantitative estimate of drug-likeness (QED) is 0.198. The topological polar surface area (TPSA) is 127 Å². The second kappa shape index (κ2) is 13.9. The van der Waals surface area contributed by atoms with E-state index < -0.39 is 6.09 Å². The van der Waals surface area contributed by atoms with Crippen molar-refractivity contribution >= 4 is 35.2 Å². The molecule has 3 aliphatic rings. The molecule has 0 saturated heterocycles. The molecule has 0 bridgehead atoms. The average molecular weight is 619 g/mol. The Morgan fingerprint density at radius 3 is 2.41 bits per heavy atom. The van der Waals surface area contributed by atoms with Crippen LogP contribution in [0.4, 0.5) is 10.5 Å². The summed E-state index contributed by atoms with van der Waals surface area (Å²) < 4.78 is 10.7. The molecule has 6 rings (SSSR count). The lowest BCUT2D eigenvalue weighted by Gasteiger charge is -2.27. The third-order valence-corrected chi connectivity index (χ3v) is 7.58. The molecular weight excluding hydrogens is 588 g/mol. The Kier molecular flexibility index (Phi) is 9.17. The first-order valence-corrected chi connectivity index (χ1v) is 14.8. The van der Waals surface area contributed by atoms with Crippen molar-refractivity contribution in [3.8, 4) is 11.8 Å². The van der Waals surface area contributed by atoms with Crippen molar-refractivity contribution in [2.75, 3.05) is 37.7 Å². The number of nitrogens with one attached hydrogen (secondary N) is 1. The third kappa shape index (κ3) is 6.98. The number of rotatable bonds is 11. The molecule has 3 aromatic rings. The van der Waals surface area contributed by atoms with E-state index in [9.17, 15) is 19.2 Å². The predicted octanol–water partition coefficient (Wildman–Crippen LogP) is 3.41. The van der Waals surface area contributed by atoms with Crippen LogP contribution < -0.4 is 10.2 Å². The highest BCUT2D eigenvalue weighted by molar-refractivity contribution is 6.13. The molecule has 1 N–H and O–H groups in total. The van der Waals surface area contributed by atoms with Gasteiger partial charge in [-0.05, 0) is 35.4 Å². The fourth-order valence-electron chi connectivity index (χ4n) is 5.19. The number of carbonyl (C=O) groups excluding carboxylic acids is 4. The highest BCUT2D eigenvalue weighted by Crippen LogP contribution is 2.28. The number of nitrogens with zero attached hydrogens (tertiary/aromatic N) is 3. The van der Waals surface area contributed by atoms with Gasteiger partial charge >= 0.3 is 6.09 Å². The van der Waals surface area contributed by atoms with Crippen molar-refractivity contribution in [2.45, 2.75) is 19.1 Å². The maximum Gasteiger partial charge on any atom is 0.407 e. The molecule has 0 fully saturated rings. The molecule has 3 aromatic carbocycles. The molecule has 3 heterocycles. The number of hydrogen-bond donors (Lipinski definition) is 1. The minimum Gasteiger partial charge on any atom is -0.445 e. The van der Waals surface area contributed by atoms with Crippen molar-refractivity contribution in [1.29, 1.82) is 0 Å². The second-order valence-corrected chi connectivity index (χ2v) is 10.7. The lowest BCUT2D eigenvalue weighted by Crippen LogP contribution is -2.39. The zero-order chi connectivity index (χ0) is 31.9. The molecule has 0 spiro atoms. The number of alkyl carbamates (subject to hydrolysis) is 1. The number of fused-ring (bicyclic) bond motifs is 2. The van der Waals surface area contributed by atoms with Gasteiger partial charge in [0.1, 0.15) is 6.61 Å². The minimum absolute atomic E-state index is 0.0750. The predicted molar refractivity (Wildman–Crippen MR) is 168 cm³/mol. The maximum atomic E-state index is 13.7. The lowest BCUT2D eigenvalue weighted by molar-refractivity contribution is -0.137. The lowest BCUT2D eigenvalue weighted by atomic mass is 10.0. The van der Waals surface area contributed by atoms with Gasteiger partial charge in [-0.2, -0.15) is 0 Å². The number of benzene rings is 3. The van der Waals surface area contributed by atoms with Crippen LogP contribution in [-0.2, 0) is 30.5 Å². The van der Waals surface area contributed by atoms with Crippen LogP contribution in [-0.4, -0.2) is 73.4 Å². The van der Waals surface area contributed by atoms with Gasteiger partial charge in [0.05, 0.1) is 43.3 Å². The van der Waals surface area contributed by atoms with Crippen LogP contribution >= 0.6 is 0 Å². The zero-order valence-corrected chi connectivity index (χ0v) is 24.8. The smallest absolute Gasteiger partial charge is 0.407 e. The summed E-state index contributed by atoms with van der Waals surface area (Å²) in [6, 6.07) is 22.4. The maximum absolute atomic E-state index is 13.7. The molecule has 1 unspecified atom stereocenters. The summed E-state index contributed by atoms with van der Waals surface area (Å²) in [5.41, 5.74) is 5.17. The molecule has 0 radical (unpaired) electrons. The highest BCUT2D eigenvalue weighted by atomic mass is 16.6. The van der Waals surface area contributed by atoms with Gasteiger partial charge in [0, 0.05) is 36.2 Å². The van der Waals surface area contributed by atoms with Crippen molar-refractivity contribution in [2.24, 2.45) is 5.16 Å². The Hall–Kier alpha value is -5.73. The van der Waals surface area contributed by atoms with Gasteiger partial charge in [0.25, 0.3) is 17.7 Å². The second-order valence-electron chi connectivity index (χ2n) is 10.7. The Bertz CT molecular complexity index is 1770. The molecule has 46 heavy (non-hydrogen) atoms. The summed E-state index contributed by atoms with van der Waals surface area (Å²) in [5, 5.41) is 6.91. The Labute approximate surface area is 265 Å². The monoisotopic (exact) mass is 618 g/mol. The van der Waals surface area contributed by atoms with E-state index in [4.69, 9.17) is 14.3 Å². The van der Waals surface area contributed by atoms with Gasteiger partial charge in [0.15, 0.2) is 6.10 Å². The third-order valence-electron chi connectivity index (χ3n) is 7.58. The summed E-state index contributed by atoms with van der Waals surface area (Å²) in [4.78, 5) is 57.4. The summed E-state index contributed by atoms with van der Waals surface area (Å²) >= 11 is 0. The first kappa shape index (κ1) is 30.3. The Morgan fingerprint density at radius 2 is 1.61 bits per heavy atom. The number of para-hydroxylation sites is 1. The number of carbonyl (C=O) groups is 4. The largest absolute Gasteiger partial charge is 0.445 e. The van der Waals surface area contributed by atoms with Gasteiger partial charge in [-0.1, -0.05) is 65.5 Å². The van der Waals surface area contributed by atoms with Crippen molar-refractivity contribution in [3.63, 3.8) is 0 Å². The van der Waals surface area contributed by atoms with Crippen LogP contribution in [0.25, 0.3) is 0 Å². The molecule has 11 heteroatoms. The Balaban J connectivity index is 0.959. The first-order valence-electron chi connectivity index (χ1n) is 14.8. The number of hydrogen-bond acceptors (Lipinski definition) is 8. The van der Waals surface area contributed by atoms with Crippen LogP contribution in [0.15, 0.2) is 90.1 Å². The van der Waals surface area contributed by atoms with Gasteiger partial charge in [-0.15, -0.1) is 0 Å². The number of amides is 4. The highest BCUT2D eigenvalue weighted by Gasteiger charge is 2.30. The van der Waals surface area contributed by atoms with Crippen LogP contribution in [0, 0.1) is 11.8 Å². The van der Waals surface area contributed by atoms with E-state index in [1.54, 1.807) is 11.0 Å². The van der Waals surface area contributed by atoms with Crippen molar-refractivity contribution < 1.29 is 33.5 Å². The molecule has 0 aliphatic carbocycles. The SMILES string of the molecule is O=C(NCCOCCN1C(=O)C=CC1=O)OCc1ccc(C2=NOC(CN3C(=O)c4ccccc4C#Cc4ccccc43)C2)cc1. The molecule has 0 saturated carbocycles. The standard InChI is InChI=1S/C35H30N4O7/c40-32-15-16-33(41)38(32)18-20-44-19-17-36-35(43)45-23-24-9-11-26(12-10-24)30-21-28(46-37-30)22-39-31-8-4-2-6-27(31)14-13-25-5-1-3-7-29(25)34(39)42/h1-12,15-16,28H,17-23H2,(H,36,43). The van der Waals surface area contributed by atoms with Crippen LogP contribution in [0.3, 0.4) is 0 Å². The zero-order valence-electron chi connectivity index (χ0n) is 24.8. The number of ether oxygens (including phenoxy) is 2. The first-order chi connectivity index (χ1) is 22.5. The van der Waals surface area contributed by atoms with Gasteiger partial charge in [0.2, 0.25) is 0 Å². The molecule has 4 amide bonds. The number of anilines is 1. The minimum atomic E-state index is -0.591. The van der Waals surface area contributed by atoms with E-state index in [0.717, 1.165) is 33.0 Å². The average Bonchev–Trinajstić information content (AvgIpc) is 3.68. The fourth-order valence-corrected chi connectivity index (χ4v) is 5.19. The summed E-state index contributed by atoms with van der Waals surface area (Å²) in [5.74, 6) is 5.48. The number of oxime groups is 1. The van der Waals surface area contributed by atoms with Gasteiger partial charge in [-0.3, -0.25) is 19.3 Å². The molecule has 3 aliphatic heterocycles. The van der Waals surface area contributed by atoms with Crippen molar-refractivity contribution in [1.82, 2.24) is 10.2 Å². The summed E-state index contributed by atoms with van der Waals surface area (Å²) in [6.45, 7) is 1.13. The summed E-state index contributed by atoms with van der Waals surface area (Å²) in [7, 11) is 0. The fraction of sp³-hybridized carbons (Fsp3) is 0.229. The van der Waals surface area contributed by atoms with E-state index in [0.29, 0.717) is 24.1 Å². The van der Waals surface area contributed by atoms with E-state index in [-0.39, 0.29) is 56.7 Å². The molecular formula is C35H30N4O7. The Morgan fingerprint density at radius 1 is 0.891 bits per heavy atom.